The highest BCUT2D eigenvalue weighted by atomic mass is 79.9. The van der Waals surface area contributed by atoms with Gasteiger partial charge in [-0.25, -0.2) is 16.8 Å². The van der Waals surface area contributed by atoms with E-state index in [1.807, 2.05) is 6.92 Å². The van der Waals surface area contributed by atoms with E-state index in [0.717, 1.165) is 12.8 Å². The molecule has 1 amide bonds. The molecule has 1 aromatic rings. The highest BCUT2D eigenvalue weighted by molar-refractivity contribution is 9.10. The van der Waals surface area contributed by atoms with Gasteiger partial charge in [0.15, 0.2) is 9.84 Å². The average Bonchev–Trinajstić information content (AvgIpc) is 2.61. The van der Waals surface area contributed by atoms with Crippen LogP contribution in [0.2, 0.25) is 0 Å². The first kappa shape index (κ1) is 22.3. The summed E-state index contributed by atoms with van der Waals surface area (Å²) in [7, 11) is -7.06. The van der Waals surface area contributed by atoms with Crippen LogP contribution in [0.4, 0.5) is 0 Å². The van der Waals surface area contributed by atoms with Gasteiger partial charge in [0.2, 0.25) is 15.9 Å². The highest BCUT2D eigenvalue weighted by Crippen LogP contribution is 2.21. The van der Waals surface area contributed by atoms with Crippen LogP contribution in [-0.4, -0.2) is 69.6 Å². The van der Waals surface area contributed by atoms with Crippen molar-refractivity contribution in [2.24, 2.45) is 0 Å². The van der Waals surface area contributed by atoms with Gasteiger partial charge in [-0.2, -0.15) is 4.31 Å². The second-order valence-corrected chi connectivity index (χ2v) is 11.6. The number of sulfonamides is 1. The molecule has 1 saturated heterocycles. The number of unbranched alkanes of at least 4 members (excludes halogenated alkanes) is 2. The molecule has 0 atom stereocenters. The van der Waals surface area contributed by atoms with Gasteiger partial charge in [0.25, 0.3) is 0 Å². The number of carbonyl (C=O) groups is 1. The SMILES string of the molecule is CCCCCS(=O)(=O)CC(=O)N1CCN(S(=O)(=O)c2cccc(Br)c2)CC1. The Kier molecular flexibility index (Phi) is 7.84. The second-order valence-electron chi connectivity index (χ2n) is 6.54. The van der Waals surface area contributed by atoms with Gasteiger partial charge in [-0.15, -0.1) is 0 Å². The predicted molar refractivity (Wildman–Crippen MR) is 108 cm³/mol. The molecule has 0 aliphatic carbocycles. The van der Waals surface area contributed by atoms with Crippen LogP contribution in [0.1, 0.15) is 26.2 Å². The minimum absolute atomic E-state index is 0.0177. The number of carbonyl (C=O) groups excluding carboxylic acids is 1. The van der Waals surface area contributed by atoms with Crippen molar-refractivity contribution in [2.75, 3.05) is 37.7 Å². The summed E-state index contributed by atoms with van der Waals surface area (Å²) in [6.45, 7) is 2.67. The lowest BCUT2D eigenvalue weighted by Crippen LogP contribution is -2.51. The molecule has 2 rings (SSSR count). The summed E-state index contributed by atoms with van der Waals surface area (Å²) in [6, 6.07) is 6.47. The van der Waals surface area contributed by atoms with Gasteiger partial charge in [0.05, 0.1) is 10.6 Å². The molecule has 1 aliphatic heterocycles. The fourth-order valence-electron chi connectivity index (χ4n) is 2.88. The van der Waals surface area contributed by atoms with E-state index >= 15 is 0 Å². The molecule has 27 heavy (non-hydrogen) atoms. The Labute approximate surface area is 169 Å². The molecule has 1 fully saturated rings. The third-order valence-corrected chi connectivity index (χ3v) is 8.41. The van der Waals surface area contributed by atoms with Crippen molar-refractivity contribution in [3.8, 4) is 0 Å². The van der Waals surface area contributed by atoms with Gasteiger partial charge in [-0.1, -0.05) is 41.8 Å². The molecule has 0 spiro atoms. The lowest BCUT2D eigenvalue weighted by Gasteiger charge is -2.34. The van der Waals surface area contributed by atoms with E-state index in [9.17, 15) is 21.6 Å². The Morgan fingerprint density at radius 2 is 1.74 bits per heavy atom. The Bertz CT molecular complexity index is 863. The molecule has 10 heteroatoms. The molecule has 152 valence electrons. The van der Waals surface area contributed by atoms with Crippen molar-refractivity contribution in [1.82, 2.24) is 9.21 Å². The summed E-state index contributed by atoms with van der Waals surface area (Å²) in [4.78, 5) is 13.9. The zero-order valence-electron chi connectivity index (χ0n) is 15.3. The molecule has 0 saturated carbocycles. The number of piperazine rings is 1. The van der Waals surface area contributed by atoms with Crippen LogP contribution in [0.25, 0.3) is 0 Å². The molecular weight excluding hydrogens is 456 g/mol. The second kappa shape index (κ2) is 9.49. The van der Waals surface area contributed by atoms with E-state index < -0.39 is 31.5 Å². The van der Waals surface area contributed by atoms with Crippen LogP contribution < -0.4 is 0 Å². The molecule has 1 aromatic carbocycles. The number of hydrogen-bond donors (Lipinski definition) is 0. The van der Waals surface area contributed by atoms with Crippen molar-refractivity contribution in [3.63, 3.8) is 0 Å². The maximum atomic E-state index is 12.7. The van der Waals surface area contributed by atoms with Crippen LogP contribution in [0.3, 0.4) is 0 Å². The molecule has 7 nitrogen and oxygen atoms in total. The fraction of sp³-hybridized carbons (Fsp3) is 0.588. The van der Waals surface area contributed by atoms with Gasteiger partial charge in [-0.05, 0) is 24.6 Å². The molecular formula is C17H25BrN2O5S2. The number of rotatable bonds is 8. The average molecular weight is 481 g/mol. The normalized spacial score (nSPS) is 16.4. The molecule has 1 heterocycles. The first-order chi connectivity index (χ1) is 12.7. The summed E-state index contributed by atoms with van der Waals surface area (Å²) in [5.41, 5.74) is 0. The van der Waals surface area contributed by atoms with Gasteiger partial charge >= 0.3 is 0 Å². The molecule has 0 aromatic heterocycles. The van der Waals surface area contributed by atoms with Gasteiger partial charge in [0, 0.05) is 30.7 Å². The van der Waals surface area contributed by atoms with Crippen LogP contribution in [-0.2, 0) is 24.7 Å². The molecule has 1 aliphatic rings. The predicted octanol–water partition coefficient (Wildman–Crippen LogP) is 1.89. The number of hydrogen-bond acceptors (Lipinski definition) is 5. The largest absolute Gasteiger partial charge is 0.339 e. The Morgan fingerprint density at radius 3 is 2.33 bits per heavy atom. The lowest BCUT2D eigenvalue weighted by molar-refractivity contribution is -0.129. The van der Waals surface area contributed by atoms with Crippen molar-refractivity contribution in [1.29, 1.82) is 0 Å². The summed E-state index contributed by atoms with van der Waals surface area (Å²) < 4.78 is 51.5. The van der Waals surface area contributed by atoms with E-state index in [0.29, 0.717) is 10.9 Å². The fourth-order valence-corrected chi connectivity index (χ4v) is 6.24. The molecule has 0 N–H and O–H groups in total. The lowest BCUT2D eigenvalue weighted by atomic mass is 10.3. The first-order valence-electron chi connectivity index (χ1n) is 8.89. The quantitative estimate of drug-likeness (QED) is 0.529. The maximum absolute atomic E-state index is 12.7. The smallest absolute Gasteiger partial charge is 0.243 e. The highest BCUT2D eigenvalue weighted by Gasteiger charge is 2.31. The Morgan fingerprint density at radius 1 is 1.07 bits per heavy atom. The Hall–Kier alpha value is -0.970. The van der Waals surface area contributed by atoms with Crippen molar-refractivity contribution in [3.05, 3.63) is 28.7 Å². The summed E-state index contributed by atoms with van der Waals surface area (Å²) >= 11 is 3.26. The van der Waals surface area contributed by atoms with Crippen molar-refractivity contribution in [2.45, 2.75) is 31.1 Å². The molecule has 0 bridgehead atoms. The van der Waals surface area contributed by atoms with E-state index in [1.54, 1.807) is 12.1 Å². The number of halogens is 1. The number of benzene rings is 1. The minimum atomic E-state index is -3.64. The summed E-state index contributed by atoms with van der Waals surface area (Å²) in [5.74, 6) is -0.940. The minimum Gasteiger partial charge on any atom is -0.339 e. The number of amides is 1. The third-order valence-electron chi connectivity index (χ3n) is 4.43. The summed E-state index contributed by atoms with van der Waals surface area (Å²) in [5, 5.41) is 0. The molecule has 0 unspecified atom stereocenters. The van der Waals surface area contributed by atoms with Crippen LogP contribution in [0.5, 0.6) is 0 Å². The third kappa shape index (κ3) is 6.27. The van der Waals surface area contributed by atoms with Gasteiger partial charge < -0.3 is 4.90 Å². The van der Waals surface area contributed by atoms with E-state index in [4.69, 9.17) is 0 Å². The van der Waals surface area contributed by atoms with Crippen LogP contribution in [0.15, 0.2) is 33.6 Å². The van der Waals surface area contributed by atoms with E-state index in [1.165, 1.54) is 21.3 Å². The Balaban J connectivity index is 1.93. The molecule has 0 radical (unpaired) electrons. The van der Waals surface area contributed by atoms with Crippen molar-refractivity contribution < 1.29 is 21.6 Å². The van der Waals surface area contributed by atoms with Crippen LogP contribution >= 0.6 is 15.9 Å². The van der Waals surface area contributed by atoms with Crippen molar-refractivity contribution >= 4 is 41.7 Å². The monoisotopic (exact) mass is 480 g/mol. The number of sulfone groups is 1. The number of nitrogens with zero attached hydrogens (tertiary/aromatic N) is 2. The first-order valence-corrected chi connectivity index (χ1v) is 12.9. The zero-order valence-corrected chi connectivity index (χ0v) is 18.5. The topological polar surface area (TPSA) is 91.8 Å². The maximum Gasteiger partial charge on any atom is 0.243 e. The van der Waals surface area contributed by atoms with E-state index in [2.05, 4.69) is 15.9 Å². The van der Waals surface area contributed by atoms with Gasteiger partial charge in [0.1, 0.15) is 5.75 Å². The zero-order chi connectivity index (χ0) is 20.1. The standard InChI is InChI=1S/C17H25BrN2O5S2/c1-2-3-4-12-26(22,23)14-17(21)19-8-10-20(11-9-19)27(24,25)16-7-5-6-15(18)13-16/h5-7,13H,2-4,8-12,14H2,1H3. The van der Waals surface area contributed by atoms with Crippen LogP contribution in [0, 0.1) is 0 Å². The van der Waals surface area contributed by atoms with Gasteiger partial charge in [-0.3, -0.25) is 4.79 Å². The summed E-state index contributed by atoms with van der Waals surface area (Å²) in [6.07, 6.45) is 2.29. The van der Waals surface area contributed by atoms with E-state index in [-0.39, 0.29) is 36.8 Å².